The summed E-state index contributed by atoms with van der Waals surface area (Å²) >= 11 is 5.83. The van der Waals surface area contributed by atoms with E-state index < -0.39 is 0 Å². The van der Waals surface area contributed by atoms with E-state index in [1.807, 2.05) is 10.8 Å². The van der Waals surface area contributed by atoms with Crippen molar-refractivity contribution < 1.29 is 0 Å². The number of hydrogen-bond acceptors (Lipinski definition) is 4. The second kappa shape index (κ2) is 4.75. The first kappa shape index (κ1) is 9.92. The van der Waals surface area contributed by atoms with Gasteiger partial charge in [0.2, 0.25) is 0 Å². The Hall–Kier alpha value is -1.62. The van der Waals surface area contributed by atoms with Gasteiger partial charge in [0.15, 0.2) is 11.0 Å². The molecule has 1 N–H and O–H groups in total. The molecule has 0 aliphatic heterocycles. The van der Waals surface area contributed by atoms with E-state index >= 15 is 0 Å². The summed E-state index contributed by atoms with van der Waals surface area (Å²) in [4.78, 5) is 11.9. The van der Waals surface area contributed by atoms with Gasteiger partial charge >= 0.3 is 0 Å². The summed E-state index contributed by atoms with van der Waals surface area (Å²) in [6, 6.07) is 0. The first-order chi connectivity index (χ1) is 7.36. The fourth-order valence-electron chi connectivity index (χ4n) is 1.16. The Morgan fingerprint density at radius 3 is 2.87 bits per heavy atom. The molecule has 0 aliphatic rings. The van der Waals surface area contributed by atoms with E-state index in [1.165, 1.54) is 0 Å². The molecule has 0 radical (unpaired) electrons. The Morgan fingerprint density at radius 2 is 2.13 bits per heavy atom. The lowest BCUT2D eigenvalue weighted by molar-refractivity contribution is 0.725. The zero-order valence-corrected chi connectivity index (χ0v) is 8.72. The van der Waals surface area contributed by atoms with Crippen LogP contribution in [0.3, 0.4) is 0 Å². The van der Waals surface area contributed by atoms with Crippen molar-refractivity contribution in [1.29, 1.82) is 0 Å². The zero-order chi connectivity index (χ0) is 10.5. The molecule has 0 saturated heterocycles. The summed E-state index contributed by atoms with van der Waals surface area (Å²) in [5.74, 6) is 0.610. The van der Waals surface area contributed by atoms with Crippen LogP contribution in [0, 0.1) is 0 Å². The molecule has 78 valence electrons. The summed E-state index contributed by atoms with van der Waals surface area (Å²) in [6.07, 6.45) is 8.57. The summed E-state index contributed by atoms with van der Waals surface area (Å²) in [5, 5.41) is 3.49. The average Bonchev–Trinajstić information content (AvgIpc) is 2.74. The minimum absolute atomic E-state index is 0.392. The second-order valence-electron chi connectivity index (χ2n) is 2.92. The highest BCUT2D eigenvalue weighted by molar-refractivity contribution is 6.31. The highest BCUT2D eigenvalue weighted by Crippen LogP contribution is 2.13. The van der Waals surface area contributed by atoms with E-state index in [-0.39, 0.29) is 0 Å². The van der Waals surface area contributed by atoms with Crippen LogP contribution in [-0.2, 0) is 6.54 Å². The van der Waals surface area contributed by atoms with Crippen molar-refractivity contribution in [3.63, 3.8) is 0 Å². The van der Waals surface area contributed by atoms with Crippen molar-refractivity contribution in [3.05, 3.63) is 36.3 Å². The van der Waals surface area contributed by atoms with E-state index in [1.54, 1.807) is 24.9 Å². The van der Waals surface area contributed by atoms with Crippen molar-refractivity contribution in [2.24, 2.45) is 0 Å². The Labute approximate surface area is 92.1 Å². The van der Waals surface area contributed by atoms with Crippen molar-refractivity contribution in [2.75, 3.05) is 11.9 Å². The molecule has 2 heterocycles. The lowest BCUT2D eigenvalue weighted by atomic mass is 10.5. The first-order valence-electron chi connectivity index (χ1n) is 4.52. The number of anilines is 1. The largest absolute Gasteiger partial charge is 0.366 e. The third-order valence-corrected chi connectivity index (χ3v) is 2.15. The van der Waals surface area contributed by atoms with Crippen molar-refractivity contribution >= 4 is 17.4 Å². The molecule has 0 unspecified atom stereocenters. The molecule has 0 spiro atoms. The smallest absolute Gasteiger partial charge is 0.171 e. The molecule has 2 rings (SSSR count). The predicted octanol–water partition coefficient (Wildman–Crippen LogP) is 1.44. The van der Waals surface area contributed by atoms with Gasteiger partial charge in [-0.15, -0.1) is 0 Å². The van der Waals surface area contributed by atoms with Gasteiger partial charge in [0.05, 0.1) is 6.33 Å². The van der Waals surface area contributed by atoms with Crippen molar-refractivity contribution in [1.82, 2.24) is 19.5 Å². The fraction of sp³-hybridized carbons (Fsp3) is 0.222. The molecule has 6 heteroatoms. The summed E-state index contributed by atoms with van der Waals surface area (Å²) in [5.41, 5.74) is 0. The number of imidazole rings is 1. The van der Waals surface area contributed by atoms with Crippen LogP contribution in [0.2, 0.25) is 5.15 Å². The van der Waals surface area contributed by atoms with E-state index in [4.69, 9.17) is 11.6 Å². The Bertz CT molecular complexity index is 414. The molecule has 0 saturated carbocycles. The van der Waals surface area contributed by atoms with Gasteiger partial charge in [-0.3, -0.25) is 0 Å². The summed E-state index contributed by atoms with van der Waals surface area (Å²) < 4.78 is 1.97. The van der Waals surface area contributed by atoms with Gasteiger partial charge in [-0.25, -0.2) is 15.0 Å². The number of rotatable bonds is 4. The Balaban J connectivity index is 1.86. The van der Waals surface area contributed by atoms with E-state index in [0.717, 1.165) is 13.1 Å². The molecule has 0 amide bonds. The number of halogens is 1. The van der Waals surface area contributed by atoms with Crippen LogP contribution in [0.1, 0.15) is 0 Å². The summed E-state index contributed by atoms with van der Waals surface area (Å²) in [6.45, 7) is 1.54. The number of hydrogen-bond donors (Lipinski definition) is 1. The van der Waals surface area contributed by atoms with Crippen LogP contribution in [0.5, 0.6) is 0 Å². The Kier molecular flexibility index (Phi) is 3.14. The monoisotopic (exact) mass is 223 g/mol. The molecular formula is C9H10ClN5. The standard InChI is InChI=1S/C9H10ClN5/c10-8-9(13-2-1-12-8)14-4-6-15-5-3-11-7-15/h1-3,5,7H,4,6H2,(H,13,14). The van der Waals surface area contributed by atoms with E-state index in [2.05, 4.69) is 20.3 Å². The van der Waals surface area contributed by atoms with Gasteiger partial charge in [0, 0.05) is 37.9 Å². The SMILES string of the molecule is Clc1nccnc1NCCn1ccnc1. The lowest BCUT2D eigenvalue weighted by Gasteiger charge is -2.06. The molecule has 0 fully saturated rings. The van der Waals surface area contributed by atoms with Crippen molar-refractivity contribution in [3.8, 4) is 0 Å². The quantitative estimate of drug-likeness (QED) is 0.852. The lowest BCUT2D eigenvalue weighted by Crippen LogP contribution is -2.10. The highest BCUT2D eigenvalue weighted by Gasteiger charge is 1.99. The normalized spacial score (nSPS) is 10.2. The van der Waals surface area contributed by atoms with Crippen LogP contribution in [-0.4, -0.2) is 26.1 Å². The van der Waals surface area contributed by atoms with Gasteiger partial charge in [-0.2, -0.15) is 0 Å². The predicted molar refractivity (Wildman–Crippen MR) is 57.8 cm³/mol. The van der Waals surface area contributed by atoms with Crippen LogP contribution < -0.4 is 5.32 Å². The third kappa shape index (κ3) is 2.66. The van der Waals surface area contributed by atoms with Crippen LogP contribution in [0.25, 0.3) is 0 Å². The minimum Gasteiger partial charge on any atom is -0.366 e. The molecule has 0 atom stereocenters. The Morgan fingerprint density at radius 1 is 1.27 bits per heavy atom. The van der Waals surface area contributed by atoms with Gasteiger partial charge in [-0.1, -0.05) is 11.6 Å². The molecule has 0 bridgehead atoms. The molecular weight excluding hydrogens is 214 g/mol. The second-order valence-corrected chi connectivity index (χ2v) is 3.28. The number of nitrogens with one attached hydrogen (secondary N) is 1. The maximum Gasteiger partial charge on any atom is 0.171 e. The van der Waals surface area contributed by atoms with E-state index in [0.29, 0.717) is 11.0 Å². The zero-order valence-electron chi connectivity index (χ0n) is 7.97. The number of nitrogens with zero attached hydrogens (tertiary/aromatic N) is 4. The molecule has 15 heavy (non-hydrogen) atoms. The topological polar surface area (TPSA) is 55.6 Å². The van der Waals surface area contributed by atoms with Gasteiger partial charge < -0.3 is 9.88 Å². The molecule has 0 aliphatic carbocycles. The first-order valence-corrected chi connectivity index (χ1v) is 4.90. The number of aromatic nitrogens is 4. The van der Waals surface area contributed by atoms with Crippen molar-refractivity contribution in [2.45, 2.75) is 6.54 Å². The summed E-state index contributed by atoms with van der Waals surface area (Å²) in [7, 11) is 0. The maximum absolute atomic E-state index is 5.83. The molecule has 2 aromatic rings. The van der Waals surface area contributed by atoms with Crippen LogP contribution in [0.4, 0.5) is 5.82 Å². The van der Waals surface area contributed by atoms with Gasteiger partial charge in [0.1, 0.15) is 0 Å². The third-order valence-electron chi connectivity index (χ3n) is 1.88. The molecule has 2 aromatic heterocycles. The van der Waals surface area contributed by atoms with Gasteiger partial charge in [-0.05, 0) is 0 Å². The minimum atomic E-state index is 0.392. The maximum atomic E-state index is 5.83. The fourth-order valence-corrected chi connectivity index (χ4v) is 1.33. The van der Waals surface area contributed by atoms with Crippen LogP contribution >= 0.6 is 11.6 Å². The average molecular weight is 224 g/mol. The molecule has 5 nitrogen and oxygen atoms in total. The van der Waals surface area contributed by atoms with E-state index in [9.17, 15) is 0 Å². The highest BCUT2D eigenvalue weighted by atomic mass is 35.5. The molecule has 0 aromatic carbocycles. The van der Waals surface area contributed by atoms with Crippen LogP contribution in [0.15, 0.2) is 31.1 Å². The van der Waals surface area contributed by atoms with Gasteiger partial charge in [0.25, 0.3) is 0 Å².